The van der Waals surface area contributed by atoms with Gasteiger partial charge >= 0.3 is 6.09 Å². The summed E-state index contributed by atoms with van der Waals surface area (Å²) in [6.07, 6.45) is 1.06. The van der Waals surface area contributed by atoms with E-state index in [1.165, 1.54) is 0 Å². The van der Waals surface area contributed by atoms with E-state index in [4.69, 9.17) is 14.2 Å². The number of amides is 1. The molecule has 5 heteroatoms. The zero-order valence-corrected chi connectivity index (χ0v) is 14.5. The van der Waals surface area contributed by atoms with Crippen molar-refractivity contribution in [2.75, 3.05) is 6.61 Å². The molecule has 0 aromatic carbocycles. The van der Waals surface area contributed by atoms with Crippen molar-refractivity contribution < 1.29 is 19.0 Å². The molecule has 1 rings (SSSR count). The Balaban J connectivity index is 2.55. The Hall–Kier alpha value is -0.810. The largest absolute Gasteiger partial charge is 0.446 e. The van der Waals surface area contributed by atoms with Gasteiger partial charge in [-0.15, -0.1) is 0 Å². The highest BCUT2D eigenvalue weighted by Crippen LogP contribution is 2.26. The molecule has 21 heavy (non-hydrogen) atoms. The molecule has 0 bridgehead atoms. The van der Waals surface area contributed by atoms with Gasteiger partial charge in [0, 0.05) is 18.5 Å². The van der Waals surface area contributed by atoms with Crippen LogP contribution in [0.25, 0.3) is 0 Å². The number of ether oxygens (including phenoxy) is 3. The minimum atomic E-state index is -0.533. The first-order chi connectivity index (χ1) is 9.66. The van der Waals surface area contributed by atoms with Crippen LogP contribution in [-0.4, -0.2) is 47.7 Å². The van der Waals surface area contributed by atoms with Crippen LogP contribution in [0.4, 0.5) is 4.79 Å². The number of hydrogen-bond donors (Lipinski definition) is 0. The van der Waals surface area contributed by atoms with E-state index in [1.807, 2.05) is 48.5 Å². The van der Waals surface area contributed by atoms with Gasteiger partial charge in [0.2, 0.25) is 0 Å². The first-order valence-electron chi connectivity index (χ1n) is 7.97. The Morgan fingerprint density at radius 3 is 2.24 bits per heavy atom. The molecular formula is C16H31NO4. The zero-order valence-electron chi connectivity index (χ0n) is 14.5. The number of carbonyl (C=O) groups excluding carboxylic acids is 1. The highest BCUT2D eigenvalue weighted by Gasteiger charge is 2.35. The van der Waals surface area contributed by atoms with Crippen LogP contribution in [0.3, 0.4) is 0 Å². The monoisotopic (exact) mass is 301 g/mol. The number of rotatable bonds is 6. The fourth-order valence-electron chi connectivity index (χ4n) is 2.69. The first-order valence-corrected chi connectivity index (χ1v) is 7.97. The van der Waals surface area contributed by atoms with Gasteiger partial charge in [-0.25, -0.2) is 4.79 Å². The fraction of sp³-hybridized carbons (Fsp3) is 0.938. The van der Waals surface area contributed by atoms with Gasteiger partial charge in [0.1, 0.15) is 6.10 Å². The molecule has 0 spiro atoms. The Morgan fingerprint density at radius 1 is 1.29 bits per heavy atom. The summed E-state index contributed by atoms with van der Waals surface area (Å²) in [7, 11) is 0. The molecule has 5 nitrogen and oxygen atoms in total. The Bertz CT molecular complexity index is 333. The van der Waals surface area contributed by atoms with Crippen LogP contribution in [0.15, 0.2) is 0 Å². The average molecular weight is 301 g/mol. The van der Waals surface area contributed by atoms with Crippen molar-refractivity contribution in [2.24, 2.45) is 0 Å². The molecule has 1 aliphatic heterocycles. The molecule has 124 valence electrons. The topological polar surface area (TPSA) is 48.0 Å². The van der Waals surface area contributed by atoms with Gasteiger partial charge in [-0.2, -0.15) is 0 Å². The summed E-state index contributed by atoms with van der Waals surface area (Å²) >= 11 is 0. The minimum absolute atomic E-state index is 0.00991. The van der Waals surface area contributed by atoms with Gasteiger partial charge < -0.3 is 19.1 Å². The molecule has 1 fully saturated rings. The molecule has 1 amide bonds. The second kappa shape index (κ2) is 7.45. The SMILES string of the molecule is CC[C@@H](C[C@H]1COC(C)(C)O1)OC(=O)N(C(C)C)C(C)C. The summed E-state index contributed by atoms with van der Waals surface area (Å²) in [5, 5.41) is 0. The minimum Gasteiger partial charge on any atom is -0.446 e. The van der Waals surface area contributed by atoms with Crippen molar-refractivity contribution in [3.05, 3.63) is 0 Å². The molecule has 0 aromatic heterocycles. The predicted octanol–water partition coefficient (Wildman–Crippen LogP) is 3.56. The van der Waals surface area contributed by atoms with Crippen molar-refractivity contribution in [1.82, 2.24) is 4.90 Å². The summed E-state index contributed by atoms with van der Waals surface area (Å²) in [5.41, 5.74) is 0. The van der Waals surface area contributed by atoms with Crippen LogP contribution in [0.5, 0.6) is 0 Å². The van der Waals surface area contributed by atoms with E-state index < -0.39 is 5.79 Å². The van der Waals surface area contributed by atoms with E-state index in [-0.39, 0.29) is 30.4 Å². The van der Waals surface area contributed by atoms with E-state index >= 15 is 0 Å². The summed E-state index contributed by atoms with van der Waals surface area (Å²) in [6.45, 7) is 14.4. The van der Waals surface area contributed by atoms with Crippen LogP contribution in [0, 0.1) is 0 Å². The van der Waals surface area contributed by atoms with Crippen LogP contribution < -0.4 is 0 Å². The van der Waals surface area contributed by atoms with Crippen molar-refractivity contribution in [3.63, 3.8) is 0 Å². The lowest BCUT2D eigenvalue weighted by Crippen LogP contribution is -2.44. The normalized spacial score (nSPS) is 22.6. The second-order valence-corrected chi connectivity index (χ2v) is 6.70. The number of nitrogens with zero attached hydrogens (tertiary/aromatic N) is 1. The van der Waals surface area contributed by atoms with Gasteiger partial charge in [0.05, 0.1) is 12.7 Å². The molecular weight excluding hydrogens is 270 g/mol. The Morgan fingerprint density at radius 2 is 1.86 bits per heavy atom. The lowest BCUT2D eigenvalue weighted by molar-refractivity contribution is -0.141. The smallest absolute Gasteiger partial charge is 0.410 e. The van der Waals surface area contributed by atoms with E-state index in [0.717, 1.165) is 6.42 Å². The molecule has 0 saturated carbocycles. The molecule has 2 atom stereocenters. The third-order valence-corrected chi connectivity index (χ3v) is 3.64. The maximum Gasteiger partial charge on any atom is 0.410 e. The summed E-state index contributed by atoms with van der Waals surface area (Å²) in [4.78, 5) is 14.1. The highest BCUT2D eigenvalue weighted by molar-refractivity contribution is 5.68. The summed E-state index contributed by atoms with van der Waals surface area (Å²) in [5.74, 6) is -0.533. The van der Waals surface area contributed by atoms with Crippen molar-refractivity contribution >= 4 is 6.09 Å². The molecule has 1 saturated heterocycles. The van der Waals surface area contributed by atoms with Crippen LogP contribution >= 0.6 is 0 Å². The lowest BCUT2D eigenvalue weighted by Gasteiger charge is -2.32. The first kappa shape index (κ1) is 18.2. The molecule has 0 aliphatic carbocycles. The molecule has 0 unspecified atom stereocenters. The predicted molar refractivity (Wildman–Crippen MR) is 82.2 cm³/mol. The maximum atomic E-state index is 12.3. The fourth-order valence-corrected chi connectivity index (χ4v) is 2.69. The quantitative estimate of drug-likeness (QED) is 0.752. The Kier molecular flexibility index (Phi) is 6.47. The molecule has 0 N–H and O–H groups in total. The number of hydrogen-bond acceptors (Lipinski definition) is 4. The van der Waals surface area contributed by atoms with Gasteiger partial charge in [-0.05, 0) is 48.0 Å². The third-order valence-electron chi connectivity index (χ3n) is 3.64. The second-order valence-electron chi connectivity index (χ2n) is 6.70. The van der Waals surface area contributed by atoms with Crippen LogP contribution in [0.1, 0.15) is 61.3 Å². The van der Waals surface area contributed by atoms with Crippen molar-refractivity contribution in [3.8, 4) is 0 Å². The number of carbonyl (C=O) groups is 1. The van der Waals surface area contributed by atoms with Crippen molar-refractivity contribution in [1.29, 1.82) is 0 Å². The standard InChI is InChI=1S/C16H31NO4/c1-8-13(9-14-10-19-16(6,7)21-14)20-15(18)17(11(2)3)12(4)5/h11-14H,8-10H2,1-7H3/t13-,14-/m0/s1. The third kappa shape index (κ3) is 5.47. The highest BCUT2D eigenvalue weighted by atomic mass is 16.7. The lowest BCUT2D eigenvalue weighted by atomic mass is 10.1. The van der Waals surface area contributed by atoms with Crippen LogP contribution in [-0.2, 0) is 14.2 Å². The van der Waals surface area contributed by atoms with Crippen molar-refractivity contribution in [2.45, 2.75) is 91.4 Å². The molecule has 1 heterocycles. The molecule has 1 aliphatic rings. The molecule has 0 radical (unpaired) electrons. The van der Waals surface area contributed by atoms with Gasteiger partial charge in [0.15, 0.2) is 5.79 Å². The van der Waals surface area contributed by atoms with E-state index in [9.17, 15) is 4.79 Å². The van der Waals surface area contributed by atoms with Gasteiger partial charge in [-0.1, -0.05) is 6.92 Å². The summed E-state index contributed by atoms with van der Waals surface area (Å²) < 4.78 is 17.0. The van der Waals surface area contributed by atoms with E-state index in [1.54, 1.807) is 4.90 Å². The van der Waals surface area contributed by atoms with Gasteiger partial charge in [0.25, 0.3) is 0 Å². The maximum absolute atomic E-state index is 12.3. The Labute approximate surface area is 128 Å². The van der Waals surface area contributed by atoms with E-state index in [0.29, 0.717) is 13.0 Å². The average Bonchev–Trinajstić information content (AvgIpc) is 2.66. The van der Waals surface area contributed by atoms with E-state index in [2.05, 4.69) is 0 Å². The van der Waals surface area contributed by atoms with Crippen LogP contribution in [0.2, 0.25) is 0 Å². The zero-order chi connectivity index (χ0) is 16.2. The molecule has 0 aromatic rings. The van der Waals surface area contributed by atoms with Gasteiger partial charge in [-0.3, -0.25) is 0 Å². The summed E-state index contributed by atoms with van der Waals surface area (Å²) in [6, 6.07) is 0.250.